The molecular formula is C24H22N4O6. The molecule has 10 nitrogen and oxygen atoms in total. The molecular weight excluding hydrogens is 440 g/mol. The Morgan fingerprint density at radius 2 is 1.88 bits per heavy atom. The number of hydrogen-bond acceptors (Lipinski definition) is 7. The van der Waals surface area contributed by atoms with Gasteiger partial charge in [-0.25, -0.2) is 5.43 Å². The Morgan fingerprint density at radius 1 is 1.12 bits per heavy atom. The van der Waals surface area contributed by atoms with Gasteiger partial charge in [-0.1, -0.05) is 12.1 Å². The number of nitro benzene ring substituents is 1. The standard InChI is InChI=1S/C24H22N4O6/c1-15-11-17(8-9-20(15)28(31)32)24(30)27-26-13-16-7-10-21(33-2)18(12-16)14-34-22-6-4-3-5-19(22)23(25)29/h3-13H,14H2,1-2H3,(H2,25,29)(H,27,30). The third-order valence-corrected chi connectivity index (χ3v) is 4.88. The van der Waals surface area contributed by atoms with Crippen LogP contribution in [0, 0.1) is 17.0 Å². The van der Waals surface area contributed by atoms with E-state index in [0.29, 0.717) is 28.2 Å². The minimum atomic E-state index is -0.595. The Hall–Kier alpha value is -4.73. The van der Waals surface area contributed by atoms with Gasteiger partial charge < -0.3 is 15.2 Å². The Bertz CT molecular complexity index is 1270. The van der Waals surface area contributed by atoms with E-state index in [1.807, 2.05) is 0 Å². The molecule has 0 aliphatic heterocycles. The summed E-state index contributed by atoms with van der Waals surface area (Å²) >= 11 is 0. The summed E-state index contributed by atoms with van der Waals surface area (Å²) in [5, 5.41) is 14.9. The quantitative estimate of drug-likeness (QED) is 0.283. The average Bonchev–Trinajstić information content (AvgIpc) is 2.82. The lowest BCUT2D eigenvalue weighted by atomic mass is 10.1. The van der Waals surface area contributed by atoms with Gasteiger partial charge in [0.05, 0.1) is 23.8 Å². The van der Waals surface area contributed by atoms with Crippen LogP contribution < -0.4 is 20.6 Å². The number of primary amides is 1. The predicted molar refractivity (Wildman–Crippen MR) is 125 cm³/mol. The van der Waals surface area contributed by atoms with E-state index in [1.54, 1.807) is 49.4 Å². The van der Waals surface area contributed by atoms with Crippen molar-refractivity contribution in [2.24, 2.45) is 10.8 Å². The molecule has 0 bridgehead atoms. The number of benzene rings is 3. The molecule has 10 heteroatoms. The molecule has 3 N–H and O–H groups in total. The summed E-state index contributed by atoms with van der Waals surface area (Å²) in [6.07, 6.45) is 1.44. The van der Waals surface area contributed by atoms with Gasteiger partial charge in [-0.2, -0.15) is 5.10 Å². The van der Waals surface area contributed by atoms with E-state index in [4.69, 9.17) is 15.2 Å². The number of ether oxygens (including phenoxy) is 2. The van der Waals surface area contributed by atoms with E-state index in [9.17, 15) is 19.7 Å². The van der Waals surface area contributed by atoms with Crippen LogP contribution in [-0.2, 0) is 6.61 Å². The zero-order chi connectivity index (χ0) is 24.7. The molecule has 0 radical (unpaired) electrons. The number of amides is 2. The van der Waals surface area contributed by atoms with Crippen LogP contribution in [0.2, 0.25) is 0 Å². The van der Waals surface area contributed by atoms with Crippen LogP contribution in [0.3, 0.4) is 0 Å². The van der Waals surface area contributed by atoms with Gasteiger partial charge in [0.2, 0.25) is 0 Å². The summed E-state index contributed by atoms with van der Waals surface area (Å²) in [6.45, 7) is 1.66. The fraction of sp³-hybridized carbons (Fsp3) is 0.125. The topological polar surface area (TPSA) is 146 Å². The first-order valence-corrected chi connectivity index (χ1v) is 10.1. The summed E-state index contributed by atoms with van der Waals surface area (Å²) in [5.74, 6) is -0.183. The zero-order valence-electron chi connectivity index (χ0n) is 18.5. The maximum Gasteiger partial charge on any atom is 0.272 e. The smallest absolute Gasteiger partial charge is 0.272 e. The van der Waals surface area contributed by atoms with Crippen LogP contribution in [0.1, 0.15) is 37.4 Å². The Kier molecular flexibility index (Phi) is 7.55. The van der Waals surface area contributed by atoms with Crippen molar-refractivity contribution in [3.8, 4) is 11.5 Å². The van der Waals surface area contributed by atoms with Crippen LogP contribution in [0.25, 0.3) is 0 Å². The lowest BCUT2D eigenvalue weighted by Gasteiger charge is -2.12. The second-order valence-electron chi connectivity index (χ2n) is 7.18. The van der Waals surface area contributed by atoms with Crippen molar-refractivity contribution in [1.82, 2.24) is 5.43 Å². The van der Waals surface area contributed by atoms with Gasteiger partial charge in [-0.05, 0) is 55.0 Å². The number of para-hydroxylation sites is 1. The van der Waals surface area contributed by atoms with Crippen LogP contribution in [-0.4, -0.2) is 30.1 Å². The van der Waals surface area contributed by atoms with Gasteiger partial charge in [0.15, 0.2) is 0 Å². The highest BCUT2D eigenvalue weighted by Gasteiger charge is 2.14. The predicted octanol–water partition coefficient (Wildman–Crippen LogP) is 3.35. The van der Waals surface area contributed by atoms with Gasteiger partial charge in [0, 0.05) is 22.8 Å². The van der Waals surface area contributed by atoms with E-state index in [-0.39, 0.29) is 23.4 Å². The van der Waals surface area contributed by atoms with Crippen LogP contribution in [0.5, 0.6) is 11.5 Å². The molecule has 0 fully saturated rings. The highest BCUT2D eigenvalue weighted by Crippen LogP contribution is 2.24. The van der Waals surface area contributed by atoms with Gasteiger partial charge in [0.25, 0.3) is 17.5 Å². The number of carbonyl (C=O) groups excluding carboxylic acids is 2. The average molecular weight is 462 g/mol. The maximum absolute atomic E-state index is 12.3. The number of rotatable bonds is 9. The molecule has 3 aromatic rings. The van der Waals surface area contributed by atoms with Crippen molar-refractivity contribution in [2.45, 2.75) is 13.5 Å². The minimum absolute atomic E-state index is 0.0634. The molecule has 0 unspecified atom stereocenters. The molecule has 3 rings (SSSR count). The highest BCUT2D eigenvalue weighted by atomic mass is 16.6. The van der Waals surface area contributed by atoms with Crippen LogP contribution in [0.15, 0.2) is 65.8 Å². The van der Waals surface area contributed by atoms with Crippen molar-refractivity contribution >= 4 is 23.7 Å². The van der Waals surface area contributed by atoms with E-state index >= 15 is 0 Å². The SMILES string of the molecule is COc1ccc(C=NNC(=O)c2ccc([N+](=O)[O-])c(C)c2)cc1COc1ccccc1C(N)=O. The van der Waals surface area contributed by atoms with Crippen molar-refractivity contribution < 1.29 is 24.0 Å². The van der Waals surface area contributed by atoms with Crippen molar-refractivity contribution in [2.75, 3.05) is 7.11 Å². The number of nitrogens with one attached hydrogen (secondary N) is 1. The molecule has 34 heavy (non-hydrogen) atoms. The third kappa shape index (κ3) is 5.74. The molecule has 0 aliphatic rings. The van der Waals surface area contributed by atoms with E-state index in [0.717, 1.165) is 0 Å². The molecule has 0 atom stereocenters. The Balaban J connectivity index is 1.70. The van der Waals surface area contributed by atoms with Gasteiger partial charge >= 0.3 is 0 Å². The van der Waals surface area contributed by atoms with Gasteiger partial charge in [-0.3, -0.25) is 19.7 Å². The van der Waals surface area contributed by atoms with Crippen molar-refractivity contribution in [1.29, 1.82) is 0 Å². The molecule has 3 aromatic carbocycles. The number of aryl methyl sites for hydroxylation is 1. The normalized spacial score (nSPS) is 10.6. The lowest BCUT2D eigenvalue weighted by Crippen LogP contribution is -2.17. The molecule has 0 aromatic heterocycles. The number of nitro groups is 1. The Morgan fingerprint density at radius 3 is 2.56 bits per heavy atom. The lowest BCUT2D eigenvalue weighted by molar-refractivity contribution is -0.385. The highest BCUT2D eigenvalue weighted by molar-refractivity contribution is 5.96. The van der Waals surface area contributed by atoms with E-state index in [1.165, 1.54) is 31.5 Å². The number of methoxy groups -OCH3 is 1. The summed E-state index contributed by atoms with van der Waals surface area (Å²) in [5.41, 5.74) is 9.95. The molecule has 0 saturated heterocycles. The van der Waals surface area contributed by atoms with Gasteiger partial charge in [0.1, 0.15) is 18.1 Å². The van der Waals surface area contributed by atoms with Crippen molar-refractivity contribution in [3.63, 3.8) is 0 Å². The van der Waals surface area contributed by atoms with Gasteiger partial charge in [-0.15, -0.1) is 0 Å². The monoisotopic (exact) mass is 462 g/mol. The molecule has 2 amide bonds. The number of nitrogens with two attached hydrogens (primary N) is 1. The molecule has 0 saturated carbocycles. The first-order valence-electron chi connectivity index (χ1n) is 10.1. The zero-order valence-corrected chi connectivity index (χ0v) is 18.5. The maximum atomic E-state index is 12.3. The summed E-state index contributed by atoms with van der Waals surface area (Å²) in [7, 11) is 1.52. The molecule has 0 aliphatic carbocycles. The van der Waals surface area contributed by atoms with Crippen LogP contribution in [0.4, 0.5) is 5.69 Å². The number of hydrogen-bond donors (Lipinski definition) is 2. The molecule has 0 heterocycles. The summed E-state index contributed by atoms with van der Waals surface area (Å²) in [6, 6.07) is 15.9. The first kappa shape index (κ1) is 23.9. The Labute approximate surface area is 195 Å². The minimum Gasteiger partial charge on any atom is -0.496 e. The second kappa shape index (κ2) is 10.7. The van der Waals surface area contributed by atoms with Crippen molar-refractivity contribution in [3.05, 3.63) is 98.6 Å². The second-order valence-corrected chi connectivity index (χ2v) is 7.18. The largest absolute Gasteiger partial charge is 0.496 e. The number of hydrazone groups is 1. The number of nitrogens with zero attached hydrogens (tertiary/aromatic N) is 2. The fourth-order valence-corrected chi connectivity index (χ4v) is 3.17. The number of carbonyl (C=O) groups is 2. The molecule has 174 valence electrons. The fourth-order valence-electron chi connectivity index (χ4n) is 3.17. The third-order valence-electron chi connectivity index (χ3n) is 4.88. The summed E-state index contributed by atoms with van der Waals surface area (Å²) < 4.78 is 11.1. The molecule has 0 spiro atoms. The van der Waals surface area contributed by atoms with E-state index in [2.05, 4.69) is 10.5 Å². The van der Waals surface area contributed by atoms with E-state index < -0.39 is 16.7 Å². The van der Waals surface area contributed by atoms with Crippen LogP contribution >= 0.6 is 0 Å². The first-order chi connectivity index (χ1) is 16.3. The summed E-state index contributed by atoms with van der Waals surface area (Å²) in [4.78, 5) is 34.3.